The molecule has 1 aromatic rings. The van der Waals surface area contributed by atoms with Crippen molar-refractivity contribution < 1.29 is 5.11 Å². The van der Waals surface area contributed by atoms with Gasteiger partial charge in [-0.1, -0.05) is 13.3 Å². The van der Waals surface area contributed by atoms with Crippen LogP contribution in [0.25, 0.3) is 0 Å². The van der Waals surface area contributed by atoms with Gasteiger partial charge in [-0.05, 0) is 26.2 Å². The zero-order chi connectivity index (χ0) is 14.0. The van der Waals surface area contributed by atoms with Crippen LogP contribution in [0.15, 0.2) is 14.6 Å². The lowest BCUT2D eigenvalue weighted by atomic mass is 10.2. The second-order valence-corrected chi connectivity index (χ2v) is 4.91. The monoisotopic (exact) mass is 265 g/mol. The number of aromatic nitrogens is 2. The molecule has 1 saturated carbocycles. The van der Waals surface area contributed by atoms with E-state index in [1.807, 2.05) is 6.92 Å². The quantitative estimate of drug-likeness (QED) is 0.779. The topological polar surface area (TPSA) is 87.4 Å². The van der Waals surface area contributed by atoms with E-state index in [1.165, 1.54) is 4.57 Å². The Bertz CT molecular complexity index is 609. The number of rotatable bonds is 5. The van der Waals surface area contributed by atoms with Crippen molar-refractivity contribution in [2.24, 2.45) is 4.99 Å². The number of nitrogens with zero attached hydrogens (tertiary/aromatic N) is 2. The zero-order valence-electron chi connectivity index (χ0n) is 11.3. The number of aliphatic imine (C=N–C) groups is 1. The van der Waals surface area contributed by atoms with Crippen LogP contribution in [0.1, 0.15) is 45.1 Å². The minimum atomic E-state index is -0.572. The van der Waals surface area contributed by atoms with Crippen molar-refractivity contribution in [3.05, 3.63) is 26.4 Å². The van der Waals surface area contributed by atoms with Gasteiger partial charge >= 0.3 is 5.69 Å². The minimum Gasteiger partial charge on any atom is -0.494 e. The molecule has 0 radical (unpaired) electrons. The average Bonchev–Trinajstić information content (AvgIpc) is 3.12. The molecule has 6 nitrogen and oxygen atoms in total. The van der Waals surface area contributed by atoms with E-state index in [-0.39, 0.29) is 17.5 Å². The molecule has 0 amide bonds. The molecule has 0 spiro atoms. The smallest absolute Gasteiger partial charge is 0.331 e. The molecular formula is C13H19N3O3. The Balaban J connectivity index is 2.47. The summed E-state index contributed by atoms with van der Waals surface area (Å²) in [6, 6.07) is 0.259. The van der Waals surface area contributed by atoms with E-state index in [4.69, 9.17) is 0 Å². The second-order valence-electron chi connectivity index (χ2n) is 4.91. The normalized spacial score (nSPS) is 15.8. The van der Waals surface area contributed by atoms with Crippen molar-refractivity contribution in [1.29, 1.82) is 0 Å². The van der Waals surface area contributed by atoms with Crippen LogP contribution in [-0.2, 0) is 6.54 Å². The molecule has 0 bridgehead atoms. The minimum absolute atomic E-state index is 0.114. The highest BCUT2D eigenvalue weighted by atomic mass is 16.3. The van der Waals surface area contributed by atoms with Gasteiger partial charge < -0.3 is 5.11 Å². The van der Waals surface area contributed by atoms with Crippen LogP contribution >= 0.6 is 0 Å². The number of nitrogens with one attached hydrogen (secondary N) is 1. The predicted octanol–water partition coefficient (Wildman–Crippen LogP) is 1.01. The summed E-state index contributed by atoms with van der Waals surface area (Å²) < 4.78 is 1.20. The molecule has 0 aliphatic heterocycles. The lowest BCUT2D eigenvalue weighted by Gasteiger charge is -2.10. The van der Waals surface area contributed by atoms with Crippen molar-refractivity contribution in [3.63, 3.8) is 0 Å². The molecule has 0 atom stereocenters. The average molecular weight is 265 g/mol. The van der Waals surface area contributed by atoms with E-state index >= 15 is 0 Å². The van der Waals surface area contributed by atoms with Crippen LogP contribution in [0.3, 0.4) is 0 Å². The van der Waals surface area contributed by atoms with E-state index in [9.17, 15) is 14.7 Å². The standard InChI is InChI=1S/C13H19N3O3/c1-3-4-7-16-12(18)10(11(17)15-13(16)19)8(2)14-9-5-6-9/h9,18H,3-7H2,1-2H3,(H,15,17,19). The predicted molar refractivity (Wildman–Crippen MR) is 73.1 cm³/mol. The first-order valence-corrected chi connectivity index (χ1v) is 6.65. The van der Waals surface area contributed by atoms with Gasteiger partial charge in [0.2, 0.25) is 5.88 Å². The summed E-state index contributed by atoms with van der Waals surface area (Å²) in [7, 11) is 0. The van der Waals surface area contributed by atoms with Crippen molar-refractivity contribution in [1.82, 2.24) is 9.55 Å². The first-order valence-electron chi connectivity index (χ1n) is 6.65. The van der Waals surface area contributed by atoms with Crippen molar-refractivity contribution in [3.8, 4) is 5.88 Å². The Labute approximate surface area is 110 Å². The fourth-order valence-corrected chi connectivity index (χ4v) is 1.95. The zero-order valence-corrected chi connectivity index (χ0v) is 11.3. The highest BCUT2D eigenvalue weighted by Gasteiger charge is 2.23. The Hall–Kier alpha value is -1.85. The van der Waals surface area contributed by atoms with E-state index in [0.29, 0.717) is 12.3 Å². The van der Waals surface area contributed by atoms with Crippen LogP contribution in [0.5, 0.6) is 5.88 Å². The first kappa shape index (κ1) is 13.6. The molecule has 1 aliphatic rings. The van der Waals surface area contributed by atoms with Crippen molar-refractivity contribution in [2.45, 2.75) is 52.1 Å². The van der Waals surface area contributed by atoms with Gasteiger partial charge in [0, 0.05) is 6.54 Å². The SMILES string of the molecule is CCCCn1c(O)c(C(C)=NC2CC2)c(=O)[nH]c1=O. The van der Waals surface area contributed by atoms with Gasteiger partial charge in [-0.3, -0.25) is 19.3 Å². The van der Waals surface area contributed by atoms with Gasteiger partial charge in [0.15, 0.2) is 0 Å². The molecule has 1 fully saturated rings. The molecule has 0 aromatic carbocycles. The molecule has 19 heavy (non-hydrogen) atoms. The van der Waals surface area contributed by atoms with Gasteiger partial charge in [0.1, 0.15) is 5.56 Å². The Morgan fingerprint density at radius 3 is 2.74 bits per heavy atom. The van der Waals surface area contributed by atoms with Crippen LogP contribution < -0.4 is 11.2 Å². The maximum atomic E-state index is 11.8. The van der Waals surface area contributed by atoms with E-state index < -0.39 is 11.2 Å². The fourth-order valence-electron chi connectivity index (χ4n) is 1.95. The molecule has 1 heterocycles. The molecule has 1 aromatic heterocycles. The summed E-state index contributed by atoms with van der Waals surface area (Å²) in [6.45, 7) is 4.08. The number of hydrogen-bond acceptors (Lipinski definition) is 4. The van der Waals surface area contributed by atoms with Gasteiger partial charge in [0.25, 0.3) is 5.56 Å². The number of unbranched alkanes of at least 4 members (excludes halogenated alkanes) is 1. The lowest BCUT2D eigenvalue weighted by molar-refractivity contribution is 0.394. The Kier molecular flexibility index (Phi) is 3.87. The summed E-state index contributed by atoms with van der Waals surface area (Å²) in [6.07, 6.45) is 3.70. The maximum Gasteiger partial charge on any atom is 0.331 e. The van der Waals surface area contributed by atoms with E-state index in [2.05, 4.69) is 9.98 Å². The molecule has 2 N–H and O–H groups in total. The van der Waals surface area contributed by atoms with E-state index in [1.54, 1.807) is 6.92 Å². The number of hydrogen-bond donors (Lipinski definition) is 2. The summed E-state index contributed by atoms with van der Waals surface area (Å²) in [5, 5.41) is 10.1. The Morgan fingerprint density at radius 1 is 1.47 bits per heavy atom. The summed E-state index contributed by atoms with van der Waals surface area (Å²) >= 11 is 0. The Morgan fingerprint density at radius 2 is 2.16 bits per heavy atom. The third-order valence-corrected chi connectivity index (χ3v) is 3.19. The van der Waals surface area contributed by atoms with E-state index in [0.717, 1.165) is 25.7 Å². The summed E-state index contributed by atoms with van der Waals surface area (Å²) in [5.74, 6) is -0.274. The summed E-state index contributed by atoms with van der Waals surface area (Å²) in [5.41, 5.74) is -0.537. The van der Waals surface area contributed by atoms with Gasteiger partial charge in [0.05, 0.1) is 11.8 Å². The third kappa shape index (κ3) is 2.94. The summed E-state index contributed by atoms with van der Waals surface area (Å²) in [4.78, 5) is 30.1. The molecule has 0 saturated heterocycles. The molecular weight excluding hydrogens is 246 g/mol. The number of H-pyrrole nitrogens is 1. The number of aromatic amines is 1. The van der Waals surface area contributed by atoms with Crippen LogP contribution in [0, 0.1) is 0 Å². The molecule has 104 valence electrons. The van der Waals surface area contributed by atoms with Crippen LogP contribution in [0.2, 0.25) is 0 Å². The fraction of sp³-hybridized carbons (Fsp3) is 0.615. The first-order chi connectivity index (χ1) is 9.04. The highest BCUT2D eigenvalue weighted by molar-refractivity contribution is 6.00. The largest absolute Gasteiger partial charge is 0.494 e. The third-order valence-electron chi connectivity index (χ3n) is 3.19. The highest BCUT2D eigenvalue weighted by Crippen LogP contribution is 2.25. The molecule has 1 aliphatic carbocycles. The molecule has 0 unspecified atom stereocenters. The van der Waals surface area contributed by atoms with Gasteiger partial charge in [-0.25, -0.2) is 4.79 Å². The van der Waals surface area contributed by atoms with Crippen molar-refractivity contribution >= 4 is 5.71 Å². The maximum absolute atomic E-state index is 11.8. The van der Waals surface area contributed by atoms with Gasteiger partial charge in [-0.15, -0.1) is 0 Å². The second kappa shape index (κ2) is 5.42. The van der Waals surface area contributed by atoms with Gasteiger partial charge in [-0.2, -0.15) is 0 Å². The lowest BCUT2D eigenvalue weighted by Crippen LogP contribution is -2.33. The van der Waals surface area contributed by atoms with Crippen LogP contribution in [-0.4, -0.2) is 26.4 Å². The number of aromatic hydroxyl groups is 1. The van der Waals surface area contributed by atoms with Crippen molar-refractivity contribution in [2.75, 3.05) is 0 Å². The van der Waals surface area contributed by atoms with Crippen LogP contribution in [0.4, 0.5) is 0 Å². The molecule has 2 rings (SSSR count). The molecule has 6 heteroatoms.